The number of nitrogens with zero attached hydrogens (tertiary/aromatic N) is 1. The summed E-state index contributed by atoms with van der Waals surface area (Å²) in [6, 6.07) is 0. The van der Waals surface area contributed by atoms with Gasteiger partial charge < -0.3 is 15.3 Å². The highest BCUT2D eigenvalue weighted by Gasteiger charge is 2.41. The number of carbonyl (C=O) groups is 3. The van der Waals surface area contributed by atoms with Gasteiger partial charge >= 0.3 is 23.0 Å². The SMILES string of the molecule is O=C(O)CC(O)(CC(=O)O[N+](=O)[O-])C(=O)O. The molecule has 1 unspecified atom stereocenters. The Balaban J connectivity index is 4.68. The van der Waals surface area contributed by atoms with Gasteiger partial charge in [0, 0.05) is 0 Å². The lowest BCUT2D eigenvalue weighted by Crippen LogP contribution is -2.43. The first kappa shape index (κ1) is 13.8. The lowest BCUT2D eigenvalue weighted by molar-refractivity contribution is -0.729. The van der Waals surface area contributed by atoms with Crippen molar-refractivity contribution in [1.29, 1.82) is 0 Å². The summed E-state index contributed by atoms with van der Waals surface area (Å²) in [5.74, 6) is -5.33. The van der Waals surface area contributed by atoms with Crippen LogP contribution in [0.25, 0.3) is 0 Å². The van der Waals surface area contributed by atoms with Gasteiger partial charge in [0.2, 0.25) is 0 Å². The van der Waals surface area contributed by atoms with E-state index < -0.39 is 41.4 Å². The molecular formula is C6H7NO9. The molecule has 0 spiro atoms. The van der Waals surface area contributed by atoms with Crippen LogP contribution in [0.1, 0.15) is 12.8 Å². The molecular weight excluding hydrogens is 230 g/mol. The summed E-state index contributed by atoms with van der Waals surface area (Å²) in [6.07, 6.45) is -2.62. The molecule has 1 atom stereocenters. The van der Waals surface area contributed by atoms with E-state index in [9.17, 15) is 29.6 Å². The standard InChI is InChI=1S/C6H7NO9/c8-3(9)1-6(13,5(11)12)2-4(10)16-7(14)15/h13H,1-2H2,(H,8,9)(H,11,12). The number of hydrogen-bond acceptors (Lipinski definition) is 7. The van der Waals surface area contributed by atoms with Crippen molar-refractivity contribution >= 4 is 17.9 Å². The van der Waals surface area contributed by atoms with Crippen molar-refractivity contribution in [3.05, 3.63) is 10.1 Å². The molecule has 0 radical (unpaired) electrons. The molecule has 0 fully saturated rings. The Hall–Kier alpha value is -2.23. The fourth-order valence-electron chi connectivity index (χ4n) is 0.818. The molecule has 0 aromatic carbocycles. The van der Waals surface area contributed by atoms with E-state index in [0.29, 0.717) is 0 Å². The third kappa shape index (κ3) is 4.32. The van der Waals surface area contributed by atoms with Gasteiger partial charge in [-0.25, -0.2) is 9.63 Å². The van der Waals surface area contributed by atoms with Gasteiger partial charge in [-0.3, -0.25) is 9.59 Å². The zero-order valence-electron chi connectivity index (χ0n) is 7.65. The van der Waals surface area contributed by atoms with Crippen molar-refractivity contribution in [2.45, 2.75) is 18.4 Å². The Kier molecular flexibility index (Phi) is 4.32. The van der Waals surface area contributed by atoms with Crippen LogP contribution in [-0.4, -0.2) is 43.9 Å². The van der Waals surface area contributed by atoms with Crippen molar-refractivity contribution in [2.75, 3.05) is 0 Å². The minimum absolute atomic E-state index is 1.28. The van der Waals surface area contributed by atoms with Crippen LogP contribution in [-0.2, 0) is 19.2 Å². The summed E-state index contributed by atoms with van der Waals surface area (Å²) in [6.45, 7) is 0. The predicted octanol–water partition coefficient (Wildman–Crippen LogP) is -1.60. The normalized spacial score (nSPS) is 13.6. The van der Waals surface area contributed by atoms with Crippen LogP contribution in [0.3, 0.4) is 0 Å². The Morgan fingerprint density at radius 2 is 1.75 bits per heavy atom. The van der Waals surface area contributed by atoms with Crippen LogP contribution in [0.4, 0.5) is 0 Å². The quantitative estimate of drug-likeness (QED) is 0.364. The minimum atomic E-state index is -2.93. The first-order valence-electron chi connectivity index (χ1n) is 3.70. The van der Waals surface area contributed by atoms with Gasteiger partial charge in [0.15, 0.2) is 5.60 Å². The van der Waals surface area contributed by atoms with Gasteiger partial charge in [-0.05, 0) is 0 Å². The summed E-state index contributed by atoms with van der Waals surface area (Å²) < 4.78 is 0. The molecule has 0 amide bonds. The van der Waals surface area contributed by atoms with E-state index in [1.54, 1.807) is 0 Å². The third-order valence-corrected chi connectivity index (χ3v) is 1.45. The summed E-state index contributed by atoms with van der Waals surface area (Å²) >= 11 is 0. The molecule has 0 aromatic rings. The molecule has 0 aliphatic carbocycles. The molecule has 0 heterocycles. The molecule has 0 rings (SSSR count). The highest BCUT2D eigenvalue weighted by Crippen LogP contribution is 2.16. The number of carboxylic acid groups (broad SMARTS) is 2. The molecule has 0 aliphatic rings. The Morgan fingerprint density at radius 1 is 1.25 bits per heavy atom. The maximum absolute atomic E-state index is 10.7. The Bertz CT molecular complexity index is 337. The van der Waals surface area contributed by atoms with E-state index in [4.69, 9.17) is 10.2 Å². The topological polar surface area (TPSA) is 164 Å². The van der Waals surface area contributed by atoms with Gasteiger partial charge in [-0.2, -0.15) is 0 Å². The van der Waals surface area contributed by atoms with E-state index in [1.165, 1.54) is 0 Å². The number of carboxylic acids is 2. The largest absolute Gasteiger partial charge is 0.481 e. The summed E-state index contributed by atoms with van der Waals surface area (Å²) in [5, 5.41) is 34.2. The number of hydrogen-bond donors (Lipinski definition) is 3. The second-order valence-corrected chi connectivity index (χ2v) is 2.77. The minimum Gasteiger partial charge on any atom is -0.481 e. The van der Waals surface area contributed by atoms with E-state index in [-0.39, 0.29) is 0 Å². The maximum atomic E-state index is 10.7. The smallest absolute Gasteiger partial charge is 0.336 e. The zero-order valence-corrected chi connectivity index (χ0v) is 7.65. The molecule has 3 N–H and O–H groups in total. The number of aliphatic carboxylic acids is 2. The molecule has 0 bridgehead atoms. The van der Waals surface area contributed by atoms with Gasteiger partial charge in [0.25, 0.3) is 0 Å². The van der Waals surface area contributed by atoms with Crippen molar-refractivity contribution in [3.63, 3.8) is 0 Å². The number of aliphatic hydroxyl groups is 1. The molecule has 90 valence electrons. The molecule has 0 aromatic heterocycles. The molecule has 0 aliphatic heterocycles. The average molecular weight is 237 g/mol. The van der Waals surface area contributed by atoms with Crippen molar-refractivity contribution in [3.8, 4) is 0 Å². The number of rotatable bonds is 6. The van der Waals surface area contributed by atoms with Crippen LogP contribution >= 0.6 is 0 Å². The molecule has 10 nitrogen and oxygen atoms in total. The number of carbonyl (C=O) groups excluding carboxylic acids is 1. The average Bonchev–Trinajstić information content (AvgIpc) is 1.98. The van der Waals surface area contributed by atoms with E-state index in [1.807, 2.05) is 0 Å². The van der Waals surface area contributed by atoms with Crippen molar-refractivity contribution < 1.29 is 39.6 Å². The van der Waals surface area contributed by atoms with E-state index >= 15 is 0 Å². The van der Waals surface area contributed by atoms with Crippen LogP contribution in [0, 0.1) is 10.1 Å². The third-order valence-electron chi connectivity index (χ3n) is 1.45. The fourth-order valence-corrected chi connectivity index (χ4v) is 0.818. The van der Waals surface area contributed by atoms with Gasteiger partial charge in [0.05, 0.1) is 12.8 Å². The van der Waals surface area contributed by atoms with Crippen LogP contribution in [0.15, 0.2) is 0 Å². The van der Waals surface area contributed by atoms with Crippen LogP contribution in [0.5, 0.6) is 0 Å². The van der Waals surface area contributed by atoms with Crippen molar-refractivity contribution in [2.24, 2.45) is 0 Å². The molecule has 0 saturated heterocycles. The molecule has 16 heavy (non-hydrogen) atoms. The first-order valence-corrected chi connectivity index (χ1v) is 3.70. The highest BCUT2D eigenvalue weighted by molar-refractivity contribution is 5.88. The van der Waals surface area contributed by atoms with Crippen molar-refractivity contribution in [1.82, 2.24) is 0 Å². The summed E-state index contributed by atoms with van der Waals surface area (Å²) in [7, 11) is 0. The first-order chi connectivity index (χ1) is 7.17. The zero-order chi connectivity index (χ0) is 12.9. The summed E-state index contributed by atoms with van der Waals surface area (Å²) in [5.41, 5.74) is -2.93. The maximum Gasteiger partial charge on any atom is 0.336 e. The lowest BCUT2D eigenvalue weighted by Gasteiger charge is -2.19. The van der Waals surface area contributed by atoms with Gasteiger partial charge in [-0.15, -0.1) is 10.1 Å². The van der Waals surface area contributed by atoms with Gasteiger partial charge in [0.1, 0.15) is 0 Å². The van der Waals surface area contributed by atoms with Gasteiger partial charge in [-0.1, -0.05) is 0 Å². The monoisotopic (exact) mass is 237 g/mol. The van der Waals surface area contributed by atoms with E-state index in [0.717, 1.165) is 0 Å². The second kappa shape index (κ2) is 5.02. The Labute approximate surface area is 87.2 Å². The molecule has 10 heteroatoms. The van der Waals surface area contributed by atoms with Crippen LogP contribution < -0.4 is 0 Å². The molecule has 0 saturated carbocycles. The summed E-state index contributed by atoms with van der Waals surface area (Å²) in [4.78, 5) is 44.4. The second-order valence-electron chi connectivity index (χ2n) is 2.77. The van der Waals surface area contributed by atoms with E-state index in [2.05, 4.69) is 4.84 Å². The predicted molar refractivity (Wildman–Crippen MR) is 42.5 cm³/mol. The fraction of sp³-hybridized carbons (Fsp3) is 0.500. The lowest BCUT2D eigenvalue weighted by atomic mass is 9.96. The van der Waals surface area contributed by atoms with Crippen LogP contribution in [0.2, 0.25) is 0 Å². The highest BCUT2D eigenvalue weighted by atomic mass is 17.0. The Morgan fingerprint density at radius 3 is 2.06 bits per heavy atom.